The monoisotopic (exact) mass is 169 g/mol. The fourth-order valence-electron chi connectivity index (χ4n) is 1.49. The molecule has 0 unspecified atom stereocenters. The van der Waals surface area contributed by atoms with Crippen molar-refractivity contribution in [1.29, 1.82) is 0 Å². The van der Waals surface area contributed by atoms with Crippen LogP contribution in [0, 0.1) is 13.8 Å². The molecule has 0 amide bonds. The van der Waals surface area contributed by atoms with E-state index in [1.807, 2.05) is 11.7 Å². The molecule has 12 heavy (non-hydrogen) atoms. The van der Waals surface area contributed by atoms with Gasteiger partial charge in [-0.25, -0.2) is 4.57 Å². The smallest absolute Gasteiger partial charge is 0.293 e. The van der Waals surface area contributed by atoms with Crippen molar-refractivity contribution in [2.24, 2.45) is 0 Å². The number of hydrogen-bond donors (Lipinski definition) is 0. The van der Waals surface area contributed by atoms with E-state index < -0.39 is 0 Å². The Labute approximate surface area is 73.5 Å². The van der Waals surface area contributed by atoms with Crippen LogP contribution in [0.15, 0.2) is 6.20 Å². The molecule has 3 nitrogen and oxygen atoms in total. The molecule has 1 heterocycles. The Balaban J connectivity index is 3.00. The summed E-state index contributed by atoms with van der Waals surface area (Å²) in [7, 11) is 1.69. The van der Waals surface area contributed by atoms with Crippen LogP contribution in [-0.4, -0.2) is 11.8 Å². The van der Waals surface area contributed by atoms with Crippen LogP contribution in [0.1, 0.15) is 24.9 Å². The lowest BCUT2D eigenvalue weighted by Gasteiger charge is -1.96. The molecule has 0 aliphatic rings. The fourth-order valence-corrected chi connectivity index (χ4v) is 1.49. The minimum absolute atomic E-state index is 1.06. The summed E-state index contributed by atoms with van der Waals surface area (Å²) in [6.45, 7) is 7.34. The van der Waals surface area contributed by atoms with Crippen LogP contribution in [-0.2, 0) is 6.54 Å². The Morgan fingerprint density at radius 3 is 2.58 bits per heavy atom. The first-order chi connectivity index (χ1) is 5.70. The molecule has 0 aliphatic carbocycles. The van der Waals surface area contributed by atoms with Gasteiger partial charge in [-0.15, -0.1) is 0 Å². The van der Waals surface area contributed by atoms with Gasteiger partial charge < -0.3 is 4.84 Å². The first-order valence-electron chi connectivity index (χ1n) is 4.33. The van der Waals surface area contributed by atoms with E-state index in [0.717, 1.165) is 24.5 Å². The van der Waals surface area contributed by atoms with Gasteiger partial charge in [0.15, 0.2) is 5.69 Å². The maximum Gasteiger partial charge on any atom is 0.293 e. The zero-order chi connectivity index (χ0) is 9.14. The Kier molecular flexibility index (Phi) is 2.74. The van der Waals surface area contributed by atoms with Crippen molar-refractivity contribution < 1.29 is 9.40 Å². The van der Waals surface area contributed by atoms with Crippen LogP contribution in [0.3, 0.4) is 0 Å². The van der Waals surface area contributed by atoms with Gasteiger partial charge in [0.05, 0.1) is 6.54 Å². The number of imidazole rings is 1. The van der Waals surface area contributed by atoms with Gasteiger partial charge in [-0.2, -0.15) is 0 Å². The standard InChI is InChI=1S/C9H17N2O/c1-5-6-10-7-8(2)11(12-4)9(10)3/h7H,5-6H2,1-4H3/q+1. The number of aromatic nitrogens is 2. The SMILES string of the molecule is CCC[n+]1cc(C)n(OC)c1C. The maximum atomic E-state index is 5.20. The predicted octanol–water partition coefficient (Wildman–Crippen LogP) is 0.861. The average Bonchev–Trinajstić information content (AvgIpc) is 2.29. The lowest BCUT2D eigenvalue weighted by atomic mass is 10.4. The first-order valence-corrected chi connectivity index (χ1v) is 4.33. The summed E-state index contributed by atoms with van der Waals surface area (Å²) in [6.07, 6.45) is 3.26. The minimum atomic E-state index is 1.06. The second-order valence-electron chi connectivity index (χ2n) is 2.99. The third-order valence-electron chi connectivity index (χ3n) is 2.02. The van der Waals surface area contributed by atoms with E-state index in [1.54, 1.807) is 7.11 Å². The van der Waals surface area contributed by atoms with Crippen LogP contribution in [0.5, 0.6) is 0 Å². The third-order valence-corrected chi connectivity index (χ3v) is 2.02. The Hall–Kier alpha value is -0.990. The lowest BCUT2D eigenvalue weighted by molar-refractivity contribution is -0.703. The van der Waals surface area contributed by atoms with Gasteiger partial charge in [-0.3, -0.25) is 0 Å². The molecule has 0 radical (unpaired) electrons. The summed E-state index contributed by atoms with van der Waals surface area (Å²) in [5.41, 5.74) is 1.14. The van der Waals surface area contributed by atoms with Gasteiger partial charge in [0.1, 0.15) is 13.3 Å². The van der Waals surface area contributed by atoms with Gasteiger partial charge in [-0.05, 0) is 11.2 Å². The van der Waals surface area contributed by atoms with Gasteiger partial charge in [0, 0.05) is 13.8 Å². The summed E-state index contributed by atoms with van der Waals surface area (Å²) < 4.78 is 4.05. The molecule has 0 aromatic carbocycles. The fraction of sp³-hybridized carbons (Fsp3) is 0.667. The van der Waals surface area contributed by atoms with E-state index in [-0.39, 0.29) is 0 Å². The van der Waals surface area contributed by atoms with E-state index in [0.29, 0.717) is 0 Å². The topological polar surface area (TPSA) is 18.0 Å². The highest BCUT2D eigenvalue weighted by Gasteiger charge is 2.16. The van der Waals surface area contributed by atoms with Crippen molar-refractivity contribution in [3.63, 3.8) is 0 Å². The molecule has 0 saturated carbocycles. The molecular formula is C9H17N2O+. The zero-order valence-electron chi connectivity index (χ0n) is 8.29. The van der Waals surface area contributed by atoms with Crippen molar-refractivity contribution in [2.45, 2.75) is 33.7 Å². The molecule has 0 saturated heterocycles. The van der Waals surface area contributed by atoms with E-state index in [2.05, 4.69) is 24.6 Å². The molecule has 1 aromatic heterocycles. The highest BCUT2D eigenvalue weighted by atomic mass is 16.6. The van der Waals surface area contributed by atoms with E-state index in [9.17, 15) is 0 Å². The van der Waals surface area contributed by atoms with Crippen molar-refractivity contribution in [3.8, 4) is 0 Å². The Morgan fingerprint density at radius 2 is 2.17 bits per heavy atom. The number of nitrogens with zero attached hydrogens (tertiary/aromatic N) is 2. The summed E-state index contributed by atoms with van der Waals surface area (Å²) in [6, 6.07) is 0. The van der Waals surface area contributed by atoms with E-state index in [4.69, 9.17) is 4.84 Å². The highest BCUT2D eigenvalue weighted by Crippen LogP contribution is 1.98. The van der Waals surface area contributed by atoms with Crippen molar-refractivity contribution in [2.75, 3.05) is 7.11 Å². The Morgan fingerprint density at radius 1 is 1.50 bits per heavy atom. The van der Waals surface area contributed by atoms with Crippen LogP contribution in [0.25, 0.3) is 0 Å². The van der Waals surface area contributed by atoms with Crippen molar-refractivity contribution in [1.82, 2.24) is 4.73 Å². The van der Waals surface area contributed by atoms with Crippen molar-refractivity contribution >= 4 is 0 Å². The van der Waals surface area contributed by atoms with Crippen LogP contribution < -0.4 is 9.40 Å². The summed E-state index contributed by atoms with van der Waals surface area (Å²) in [4.78, 5) is 5.20. The van der Waals surface area contributed by atoms with Gasteiger partial charge >= 0.3 is 0 Å². The Bertz CT molecular complexity index is 266. The summed E-state index contributed by atoms with van der Waals surface area (Å²) in [5, 5.41) is 0. The number of aryl methyl sites for hydroxylation is 2. The zero-order valence-corrected chi connectivity index (χ0v) is 8.29. The highest BCUT2D eigenvalue weighted by molar-refractivity contribution is 4.92. The molecule has 1 rings (SSSR count). The molecule has 0 bridgehead atoms. The molecule has 0 N–H and O–H groups in total. The van der Waals surface area contributed by atoms with Crippen LogP contribution in [0.2, 0.25) is 0 Å². The largest absolute Gasteiger partial charge is 0.339 e. The van der Waals surface area contributed by atoms with Crippen molar-refractivity contribution in [3.05, 3.63) is 17.7 Å². The molecule has 1 aromatic rings. The van der Waals surface area contributed by atoms with E-state index >= 15 is 0 Å². The van der Waals surface area contributed by atoms with Gasteiger partial charge in [-0.1, -0.05) is 6.92 Å². The molecule has 0 atom stereocenters. The number of hydrogen-bond acceptors (Lipinski definition) is 1. The third kappa shape index (κ3) is 1.44. The molecular weight excluding hydrogens is 152 g/mol. The van der Waals surface area contributed by atoms with Gasteiger partial charge in [0.25, 0.3) is 5.82 Å². The number of rotatable bonds is 3. The second-order valence-corrected chi connectivity index (χ2v) is 2.99. The van der Waals surface area contributed by atoms with Crippen LogP contribution >= 0.6 is 0 Å². The molecule has 0 aliphatic heterocycles. The maximum absolute atomic E-state index is 5.20. The molecule has 68 valence electrons. The van der Waals surface area contributed by atoms with Gasteiger partial charge in [0.2, 0.25) is 0 Å². The first kappa shape index (κ1) is 9.10. The predicted molar refractivity (Wildman–Crippen MR) is 46.9 cm³/mol. The average molecular weight is 169 g/mol. The minimum Gasteiger partial charge on any atom is -0.339 e. The lowest BCUT2D eigenvalue weighted by Crippen LogP contribution is -2.35. The quantitative estimate of drug-likeness (QED) is 0.614. The second kappa shape index (κ2) is 3.61. The molecule has 0 spiro atoms. The molecule has 3 heteroatoms. The van der Waals surface area contributed by atoms with E-state index in [1.165, 1.54) is 0 Å². The summed E-state index contributed by atoms with van der Waals surface area (Å²) in [5.74, 6) is 1.15. The molecule has 0 fully saturated rings. The van der Waals surface area contributed by atoms with Crippen LogP contribution in [0.4, 0.5) is 0 Å². The normalized spacial score (nSPS) is 10.3. The summed E-state index contributed by atoms with van der Waals surface area (Å²) >= 11 is 0.